The first-order valence-electron chi connectivity index (χ1n) is 9.29. The van der Waals surface area contributed by atoms with Crippen LogP contribution in [0.3, 0.4) is 0 Å². The molecule has 5 rings (SSSR count). The number of likely N-dealkylation sites (tertiary alicyclic amines) is 1. The molecule has 3 nitrogen and oxygen atoms in total. The highest BCUT2D eigenvalue weighted by atomic mass is 16.5. The molecule has 0 amide bonds. The Hall–Kier alpha value is -1.06. The molecule has 2 saturated heterocycles. The van der Waals surface area contributed by atoms with Crippen LogP contribution < -0.4 is 0 Å². The average molecular weight is 313 g/mol. The monoisotopic (exact) mass is 313 g/mol. The van der Waals surface area contributed by atoms with Crippen molar-refractivity contribution in [3.63, 3.8) is 0 Å². The van der Waals surface area contributed by atoms with Gasteiger partial charge in [-0.2, -0.15) is 0 Å². The number of nitrogens with zero attached hydrogens (tertiary/aromatic N) is 1. The van der Waals surface area contributed by atoms with Crippen LogP contribution in [-0.2, 0) is 16.6 Å². The minimum absolute atomic E-state index is 0.0870. The van der Waals surface area contributed by atoms with E-state index in [1.807, 2.05) is 12.1 Å². The molecule has 1 unspecified atom stereocenters. The quantitative estimate of drug-likeness (QED) is 0.863. The van der Waals surface area contributed by atoms with Gasteiger partial charge in [0.15, 0.2) is 0 Å². The summed E-state index contributed by atoms with van der Waals surface area (Å²) in [4.78, 5) is 2.77. The van der Waals surface area contributed by atoms with Gasteiger partial charge >= 0.3 is 0 Å². The number of phenols is 1. The molecule has 0 aromatic heterocycles. The molecule has 2 aliphatic heterocycles. The van der Waals surface area contributed by atoms with Crippen LogP contribution in [0.5, 0.6) is 5.75 Å². The molecule has 4 atom stereocenters. The highest BCUT2D eigenvalue weighted by molar-refractivity contribution is 5.48. The van der Waals surface area contributed by atoms with Crippen molar-refractivity contribution in [1.82, 2.24) is 4.90 Å². The van der Waals surface area contributed by atoms with Crippen LogP contribution in [0.4, 0.5) is 0 Å². The number of hydrogen-bond donors (Lipinski definition) is 1. The summed E-state index contributed by atoms with van der Waals surface area (Å²) < 4.78 is 6.63. The van der Waals surface area contributed by atoms with Gasteiger partial charge in [-0.05, 0) is 75.8 Å². The lowest BCUT2D eigenvalue weighted by molar-refractivity contribution is -0.150. The van der Waals surface area contributed by atoms with Crippen LogP contribution in [0, 0.1) is 0 Å². The van der Waals surface area contributed by atoms with E-state index in [0.717, 1.165) is 25.3 Å². The maximum atomic E-state index is 10.1. The van der Waals surface area contributed by atoms with Crippen molar-refractivity contribution in [1.29, 1.82) is 0 Å². The second-order valence-corrected chi connectivity index (χ2v) is 8.46. The predicted molar refractivity (Wildman–Crippen MR) is 89.8 cm³/mol. The molecule has 1 saturated carbocycles. The number of phenolic OH excluding ortho intramolecular Hbond substituents is 1. The minimum atomic E-state index is -0.110. The van der Waals surface area contributed by atoms with E-state index in [1.165, 1.54) is 36.9 Å². The lowest BCUT2D eigenvalue weighted by Crippen LogP contribution is -2.70. The average Bonchev–Trinajstić information content (AvgIpc) is 2.73. The van der Waals surface area contributed by atoms with Crippen molar-refractivity contribution in [3.05, 3.63) is 29.3 Å². The largest absolute Gasteiger partial charge is 0.508 e. The van der Waals surface area contributed by atoms with Crippen LogP contribution in [-0.4, -0.2) is 40.3 Å². The van der Waals surface area contributed by atoms with Crippen molar-refractivity contribution in [3.8, 4) is 5.75 Å². The number of hydrogen-bond acceptors (Lipinski definition) is 3. The Morgan fingerprint density at radius 3 is 2.87 bits per heavy atom. The second kappa shape index (κ2) is 4.52. The van der Waals surface area contributed by atoms with Gasteiger partial charge in [0.25, 0.3) is 0 Å². The number of ether oxygens (including phenoxy) is 1. The Bertz CT molecular complexity index is 655. The zero-order valence-corrected chi connectivity index (χ0v) is 14.2. The Kier molecular flexibility index (Phi) is 2.81. The molecular weight excluding hydrogens is 286 g/mol. The van der Waals surface area contributed by atoms with E-state index >= 15 is 0 Å². The van der Waals surface area contributed by atoms with Crippen molar-refractivity contribution in [2.24, 2.45) is 0 Å². The summed E-state index contributed by atoms with van der Waals surface area (Å²) in [7, 11) is 0. The third-order valence-corrected chi connectivity index (χ3v) is 7.43. The van der Waals surface area contributed by atoms with E-state index in [0.29, 0.717) is 17.9 Å². The number of benzene rings is 1. The minimum Gasteiger partial charge on any atom is -0.508 e. The molecule has 1 aromatic rings. The zero-order chi connectivity index (χ0) is 15.8. The molecule has 124 valence electrons. The van der Waals surface area contributed by atoms with Crippen LogP contribution in [0.1, 0.15) is 57.1 Å². The van der Waals surface area contributed by atoms with Crippen molar-refractivity contribution >= 4 is 0 Å². The summed E-state index contributed by atoms with van der Waals surface area (Å²) in [5.74, 6) is 0.403. The molecular formula is C20H27NO2. The van der Waals surface area contributed by atoms with Gasteiger partial charge in [0, 0.05) is 17.5 Å². The maximum absolute atomic E-state index is 10.1. The van der Waals surface area contributed by atoms with Gasteiger partial charge in [0.05, 0.1) is 11.7 Å². The van der Waals surface area contributed by atoms with E-state index in [9.17, 15) is 5.11 Å². The van der Waals surface area contributed by atoms with Crippen molar-refractivity contribution < 1.29 is 9.84 Å². The molecule has 1 N–H and O–H groups in total. The first-order chi connectivity index (χ1) is 11.0. The van der Waals surface area contributed by atoms with E-state index in [4.69, 9.17) is 4.74 Å². The molecule has 4 aliphatic rings. The van der Waals surface area contributed by atoms with Gasteiger partial charge in [-0.25, -0.2) is 0 Å². The first kappa shape index (κ1) is 14.3. The summed E-state index contributed by atoms with van der Waals surface area (Å²) in [6.07, 6.45) is 7.73. The molecule has 2 bridgehead atoms. The highest BCUT2D eigenvalue weighted by Crippen LogP contribution is 2.60. The van der Waals surface area contributed by atoms with E-state index in [2.05, 4.69) is 24.8 Å². The van der Waals surface area contributed by atoms with Gasteiger partial charge in [0.2, 0.25) is 0 Å². The Morgan fingerprint density at radius 1 is 1.30 bits per heavy atom. The molecule has 2 heterocycles. The summed E-state index contributed by atoms with van der Waals surface area (Å²) in [6, 6.07) is 7.31. The van der Waals surface area contributed by atoms with E-state index in [1.54, 1.807) is 0 Å². The lowest BCUT2D eigenvalue weighted by atomic mass is 9.54. The SMILES string of the molecule is CC1C[C@]23CCN(C4CCC4)[C@H](Cc4ccc(O)cc42)[C@@]3(C)O1. The second-order valence-electron chi connectivity index (χ2n) is 8.46. The highest BCUT2D eigenvalue weighted by Gasteiger charge is 2.66. The van der Waals surface area contributed by atoms with Gasteiger partial charge in [-0.1, -0.05) is 12.5 Å². The third-order valence-electron chi connectivity index (χ3n) is 7.43. The van der Waals surface area contributed by atoms with Crippen LogP contribution >= 0.6 is 0 Å². The van der Waals surface area contributed by atoms with Gasteiger partial charge in [-0.3, -0.25) is 4.90 Å². The van der Waals surface area contributed by atoms with Gasteiger partial charge in [-0.15, -0.1) is 0 Å². The van der Waals surface area contributed by atoms with Crippen molar-refractivity contribution in [2.75, 3.05) is 6.54 Å². The van der Waals surface area contributed by atoms with E-state index < -0.39 is 0 Å². The maximum Gasteiger partial charge on any atom is 0.115 e. The van der Waals surface area contributed by atoms with Gasteiger partial charge in [0.1, 0.15) is 5.75 Å². The summed E-state index contributed by atoms with van der Waals surface area (Å²) in [5, 5.41) is 10.1. The molecule has 3 heteroatoms. The Balaban J connectivity index is 1.68. The fourth-order valence-corrected chi connectivity index (χ4v) is 6.18. The number of piperidine rings is 1. The Morgan fingerprint density at radius 2 is 2.13 bits per heavy atom. The molecule has 3 fully saturated rings. The molecule has 0 spiro atoms. The summed E-state index contributed by atoms with van der Waals surface area (Å²) in [6.45, 7) is 5.78. The predicted octanol–water partition coefficient (Wildman–Crippen LogP) is 3.38. The number of aromatic hydroxyl groups is 1. The smallest absolute Gasteiger partial charge is 0.115 e. The first-order valence-corrected chi connectivity index (χ1v) is 9.29. The summed E-state index contributed by atoms with van der Waals surface area (Å²) >= 11 is 0. The zero-order valence-electron chi connectivity index (χ0n) is 14.2. The molecule has 0 radical (unpaired) electrons. The number of rotatable bonds is 1. The van der Waals surface area contributed by atoms with Crippen LogP contribution in [0.25, 0.3) is 0 Å². The van der Waals surface area contributed by atoms with Crippen LogP contribution in [0.2, 0.25) is 0 Å². The summed E-state index contributed by atoms with van der Waals surface area (Å²) in [5.41, 5.74) is 2.78. The molecule has 2 aliphatic carbocycles. The van der Waals surface area contributed by atoms with Crippen molar-refractivity contribution in [2.45, 2.75) is 81.6 Å². The normalized spacial score (nSPS) is 42.9. The topological polar surface area (TPSA) is 32.7 Å². The molecule has 1 aromatic carbocycles. The fourth-order valence-electron chi connectivity index (χ4n) is 6.18. The lowest BCUT2D eigenvalue weighted by Gasteiger charge is -2.61. The Labute approximate surface area is 138 Å². The van der Waals surface area contributed by atoms with E-state index in [-0.39, 0.29) is 11.0 Å². The number of fused-ring (bicyclic) bond motifs is 1. The van der Waals surface area contributed by atoms with Gasteiger partial charge < -0.3 is 9.84 Å². The molecule has 23 heavy (non-hydrogen) atoms. The van der Waals surface area contributed by atoms with Crippen LogP contribution in [0.15, 0.2) is 18.2 Å². The third kappa shape index (κ3) is 1.68. The fraction of sp³-hybridized carbons (Fsp3) is 0.700. The standard InChI is InChI=1S/C20H27NO2/c1-13-12-20-8-9-21(15-4-3-5-15)18(19(20,2)23-13)10-14-6-7-16(22)11-17(14)20/h6-7,11,13,15,18,22H,3-5,8-10,12H2,1-2H3/t13?,18-,19-,20-/m1/s1.